The lowest BCUT2D eigenvalue weighted by Crippen LogP contribution is -2.47. The molecule has 1 unspecified atom stereocenters. The maximum Gasteiger partial charge on any atom is 0.402 e. The quantitative estimate of drug-likeness (QED) is 0.464. The van der Waals surface area contributed by atoms with Crippen molar-refractivity contribution in [1.82, 2.24) is 0 Å². The third kappa shape index (κ3) is 4.40. The Kier molecular flexibility index (Phi) is 6.59. The summed E-state index contributed by atoms with van der Waals surface area (Å²) in [5, 5.41) is 18.4. The summed E-state index contributed by atoms with van der Waals surface area (Å²) in [4.78, 5) is 11.8. The van der Waals surface area contributed by atoms with E-state index in [1.807, 2.05) is 0 Å². The number of fused-ring (bicyclic) bond motifs is 1. The first-order valence-corrected chi connectivity index (χ1v) is 9.28. The summed E-state index contributed by atoms with van der Waals surface area (Å²) in [5.74, 6) is -1.89. The number of alkyl halides is 3. The van der Waals surface area contributed by atoms with Gasteiger partial charge in [0.05, 0.1) is 17.6 Å². The van der Waals surface area contributed by atoms with E-state index in [1.165, 1.54) is 31.2 Å². The van der Waals surface area contributed by atoms with Crippen molar-refractivity contribution < 1.29 is 27.8 Å². The minimum atomic E-state index is -4.82. The SMILES string of the molecule is CCOC(=O)CC1(C(F)(F)F)CCc2cc(=C(N)C=CC(=N)Br)ccc2=C1O. The summed E-state index contributed by atoms with van der Waals surface area (Å²) in [6, 6.07) is 4.46. The second-order valence-corrected chi connectivity index (χ2v) is 7.27. The molecule has 9 heteroatoms. The molecule has 0 radical (unpaired) electrons. The van der Waals surface area contributed by atoms with E-state index >= 15 is 0 Å². The number of aliphatic hydroxyl groups excluding tert-OH is 1. The number of allylic oxidation sites excluding steroid dienone is 1. The van der Waals surface area contributed by atoms with Gasteiger partial charge in [-0.05, 0) is 64.7 Å². The van der Waals surface area contributed by atoms with Crippen LogP contribution in [0.3, 0.4) is 0 Å². The van der Waals surface area contributed by atoms with Gasteiger partial charge in [0, 0.05) is 10.9 Å². The Morgan fingerprint density at radius 3 is 2.68 bits per heavy atom. The van der Waals surface area contributed by atoms with Crippen LogP contribution in [-0.2, 0) is 16.0 Å². The van der Waals surface area contributed by atoms with Crippen molar-refractivity contribution in [2.24, 2.45) is 11.1 Å². The highest BCUT2D eigenvalue weighted by Crippen LogP contribution is 2.51. The fourth-order valence-corrected chi connectivity index (χ4v) is 3.33. The van der Waals surface area contributed by atoms with Crippen molar-refractivity contribution in [2.45, 2.75) is 32.4 Å². The van der Waals surface area contributed by atoms with E-state index in [2.05, 4.69) is 20.7 Å². The van der Waals surface area contributed by atoms with Gasteiger partial charge in [0.1, 0.15) is 11.2 Å². The molecule has 0 heterocycles. The van der Waals surface area contributed by atoms with Gasteiger partial charge in [0.2, 0.25) is 0 Å². The lowest BCUT2D eigenvalue weighted by molar-refractivity contribution is -0.217. The fraction of sp³-hybridized carbons (Fsp3) is 0.368. The van der Waals surface area contributed by atoms with Crippen LogP contribution in [0.2, 0.25) is 0 Å². The topological polar surface area (TPSA) is 96.4 Å². The van der Waals surface area contributed by atoms with E-state index in [1.54, 1.807) is 6.07 Å². The normalized spacial score (nSPS) is 20.7. The van der Waals surface area contributed by atoms with Gasteiger partial charge < -0.3 is 15.6 Å². The third-order valence-electron chi connectivity index (χ3n) is 4.67. The van der Waals surface area contributed by atoms with Gasteiger partial charge in [-0.15, -0.1) is 0 Å². The van der Waals surface area contributed by atoms with Gasteiger partial charge in [0.15, 0.2) is 0 Å². The summed E-state index contributed by atoms with van der Waals surface area (Å²) >= 11 is 2.95. The van der Waals surface area contributed by atoms with Gasteiger partial charge in [-0.2, -0.15) is 13.2 Å². The number of carbonyl (C=O) groups is 1. The van der Waals surface area contributed by atoms with E-state index in [-0.39, 0.29) is 22.9 Å². The number of carbonyl (C=O) groups excluding carboxylic acids is 1. The molecule has 0 saturated carbocycles. The van der Waals surface area contributed by atoms with Crippen molar-refractivity contribution in [1.29, 1.82) is 5.41 Å². The Bertz CT molecular complexity index is 941. The zero-order chi connectivity index (χ0) is 21.1. The lowest BCUT2D eigenvalue weighted by Gasteiger charge is -2.37. The van der Waals surface area contributed by atoms with E-state index < -0.39 is 36.2 Å². The largest absolute Gasteiger partial charge is 0.511 e. The number of halogens is 4. The fourth-order valence-electron chi connectivity index (χ4n) is 3.20. The number of aliphatic hydroxyl groups is 1. The van der Waals surface area contributed by atoms with Crippen LogP contribution in [0.25, 0.3) is 11.5 Å². The Morgan fingerprint density at radius 1 is 1.43 bits per heavy atom. The molecular weight excluding hydrogens is 441 g/mol. The minimum absolute atomic E-state index is 0.0113. The average Bonchev–Trinajstić information content (AvgIpc) is 2.61. The molecule has 4 N–H and O–H groups in total. The van der Waals surface area contributed by atoms with E-state index in [0.29, 0.717) is 16.5 Å². The highest BCUT2D eigenvalue weighted by atomic mass is 79.9. The predicted molar refractivity (Wildman–Crippen MR) is 103 cm³/mol. The van der Waals surface area contributed by atoms with Crippen molar-refractivity contribution in [3.8, 4) is 0 Å². The van der Waals surface area contributed by atoms with Crippen LogP contribution in [-0.4, -0.2) is 28.5 Å². The third-order valence-corrected chi connectivity index (χ3v) is 4.94. The molecule has 1 aliphatic rings. The van der Waals surface area contributed by atoms with Crippen molar-refractivity contribution in [2.75, 3.05) is 6.61 Å². The molecular formula is C19H20BrF3N2O3. The highest BCUT2D eigenvalue weighted by molar-refractivity contribution is 9.18. The second-order valence-electron chi connectivity index (χ2n) is 6.42. The summed E-state index contributed by atoms with van der Waals surface area (Å²) < 4.78 is 46.4. The molecule has 152 valence electrons. The van der Waals surface area contributed by atoms with Crippen LogP contribution < -0.4 is 16.2 Å². The Labute approximate surface area is 168 Å². The van der Waals surface area contributed by atoms with Crippen LogP contribution >= 0.6 is 15.9 Å². The van der Waals surface area contributed by atoms with E-state index in [9.17, 15) is 23.1 Å². The maximum absolute atomic E-state index is 13.9. The van der Waals surface area contributed by atoms with Gasteiger partial charge in [-0.25, -0.2) is 0 Å². The molecule has 0 bridgehead atoms. The zero-order valence-electron chi connectivity index (χ0n) is 15.1. The Balaban J connectivity index is 2.62. The van der Waals surface area contributed by atoms with E-state index in [0.717, 1.165) is 0 Å². The molecule has 2 rings (SSSR count). The van der Waals surface area contributed by atoms with Crippen LogP contribution in [0.1, 0.15) is 25.3 Å². The van der Waals surface area contributed by atoms with Crippen LogP contribution in [0.4, 0.5) is 13.2 Å². The Hall–Kier alpha value is -2.29. The monoisotopic (exact) mass is 460 g/mol. The molecule has 0 aromatic heterocycles. The number of hydrogen-bond donors (Lipinski definition) is 3. The van der Waals surface area contributed by atoms with Gasteiger partial charge in [-0.1, -0.05) is 12.1 Å². The number of rotatable bonds is 5. The molecule has 0 spiro atoms. The smallest absolute Gasteiger partial charge is 0.402 e. The van der Waals surface area contributed by atoms with E-state index in [4.69, 9.17) is 11.1 Å². The van der Waals surface area contributed by atoms with Crippen LogP contribution in [0.15, 0.2) is 30.4 Å². The minimum Gasteiger partial charge on any atom is -0.511 e. The summed E-state index contributed by atoms with van der Waals surface area (Å²) in [7, 11) is 0. The molecule has 1 atom stereocenters. The predicted octanol–water partition coefficient (Wildman–Crippen LogP) is 2.80. The molecule has 1 aliphatic carbocycles. The summed E-state index contributed by atoms with van der Waals surface area (Å²) in [6.45, 7) is 1.47. The number of aryl methyl sites for hydroxylation is 1. The first-order valence-electron chi connectivity index (χ1n) is 8.49. The molecule has 5 nitrogen and oxygen atoms in total. The standard InChI is InChI=1S/C19H20BrF3N2O3/c1-2-28-16(26)10-18(19(21,22)23)8-7-11-9-12(3-4-13(11)17(18)27)14(24)5-6-15(20)25/h3-6,9,25,27H,2,7-8,10,24H2,1H3. The molecule has 1 aromatic carbocycles. The molecule has 0 fully saturated rings. The van der Waals surface area contributed by atoms with Crippen LogP contribution in [0, 0.1) is 10.8 Å². The van der Waals surface area contributed by atoms with Crippen molar-refractivity contribution >= 4 is 38.0 Å². The van der Waals surface area contributed by atoms with Gasteiger partial charge in [-0.3, -0.25) is 10.2 Å². The van der Waals surface area contributed by atoms with Crippen molar-refractivity contribution in [3.63, 3.8) is 0 Å². The molecule has 0 aliphatic heterocycles. The van der Waals surface area contributed by atoms with Gasteiger partial charge in [0.25, 0.3) is 0 Å². The molecule has 1 aromatic rings. The first-order chi connectivity index (χ1) is 13.0. The second kappa shape index (κ2) is 8.38. The van der Waals surface area contributed by atoms with Gasteiger partial charge >= 0.3 is 12.1 Å². The number of ether oxygens (including phenoxy) is 1. The number of hydrogen-bond acceptors (Lipinski definition) is 5. The number of benzene rings is 1. The Morgan fingerprint density at radius 2 is 2.11 bits per heavy atom. The molecule has 0 amide bonds. The first kappa shape index (κ1) is 22.0. The zero-order valence-corrected chi connectivity index (χ0v) is 16.7. The molecule has 28 heavy (non-hydrogen) atoms. The highest BCUT2D eigenvalue weighted by Gasteiger charge is 2.60. The summed E-state index contributed by atoms with van der Waals surface area (Å²) in [6.07, 6.45) is -3.33. The molecule has 0 saturated heterocycles. The lowest BCUT2D eigenvalue weighted by atomic mass is 9.72. The van der Waals surface area contributed by atoms with Crippen molar-refractivity contribution in [3.05, 3.63) is 46.4 Å². The average molecular weight is 461 g/mol. The number of nitrogens with one attached hydrogen (secondary N) is 1. The van der Waals surface area contributed by atoms with Crippen LogP contribution in [0.5, 0.6) is 0 Å². The number of esters is 1. The maximum atomic E-state index is 13.9. The summed E-state index contributed by atoms with van der Waals surface area (Å²) in [5.41, 5.74) is 4.09. The number of nitrogens with two attached hydrogens (primary N) is 1.